The molecule has 0 aliphatic rings. The van der Waals surface area contributed by atoms with Gasteiger partial charge in [0.25, 0.3) is 0 Å². The standard InChI is InChI=1S/C8H14N2O/c1-6(2)9-4-8-10-7(3)5-11-8/h5-6,9H,4H2,1-3H3. The summed E-state index contributed by atoms with van der Waals surface area (Å²) in [4.78, 5) is 4.15. The van der Waals surface area contributed by atoms with Gasteiger partial charge in [-0.2, -0.15) is 0 Å². The molecular weight excluding hydrogens is 140 g/mol. The summed E-state index contributed by atoms with van der Waals surface area (Å²) >= 11 is 0. The van der Waals surface area contributed by atoms with Crippen LogP contribution in [0.3, 0.4) is 0 Å². The summed E-state index contributed by atoms with van der Waals surface area (Å²) < 4.78 is 5.14. The lowest BCUT2D eigenvalue weighted by atomic mass is 10.4. The van der Waals surface area contributed by atoms with Crippen LogP contribution in [0.15, 0.2) is 10.7 Å². The maximum absolute atomic E-state index is 5.14. The van der Waals surface area contributed by atoms with Gasteiger partial charge in [-0.05, 0) is 6.92 Å². The van der Waals surface area contributed by atoms with E-state index >= 15 is 0 Å². The Labute approximate surface area is 66.8 Å². The summed E-state index contributed by atoms with van der Waals surface area (Å²) in [5.74, 6) is 0.760. The highest BCUT2D eigenvalue weighted by atomic mass is 16.3. The largest absolute Gasteiger partial charge is 0.447 e. The van der Waals surface area contributed by atoms with Crippen LogP contribution in [0.25, 0.3) is 0 Å². The maximum atomic E-state index is 5.14. The van der Waals surface area contributed by atoms with Crippen LogP contribution in [0.4, 0.5) is 0 Å². The average Bonchev–Trinajstić information content (AvgIpc) is 2.31. The summed E-state index contributed by atoms with van der Waals surface area (Å²) in [5.41, 5.74) is 0.936. The molecule has 62 valence electrons. The number of nitrogens with one attached hydrogen (secondary N) is 1. The average molecular weight is 154 g/mol. The normalized spacial score (nSPS) is 10.9. The van der Waals surface area contributed by atoms with Crippen LogP contribution in [0, 0.1) is 6.92 Å². The second kappa shape index (κ2) is 3.53. The predicted octanol–water partition coefficient (Wildman–Crippen LogP) is 1.48. The molecule has 0 aliphatic carbocycles. The first-order valence-electron chi connectivity index (χ1n) is 3.83. The van der Waals surface area contributed by atoms with Gasteiger partial charge >= 0.3 is 0 Å². The zero-order valence-electron chi connectivity index (χ0n) is 7.22. The lowest BCUT2D eigenvalue weighted by molar-refractivity contribution is 0.451. The number of nitrogens with zero attached hydrogens (tertiary/aromatic N) is 1. The quantitative estimate of drug-likeness (QED) is 0.716. The fourth-order valence-electron chi connectivity index (χ4n) is 0.775. The minimum absolute atomic E-state index is 0.474. The van der Waals surface area contributed by atoms with E-state index in [0.29, 0.717) is 12.6 Å². The third-order valence-electron chi connectivity index (χ3n) is 1.33. The molecule has 0 saturated carbocycles. The van der Waals surface area contributed by atoms with Crippen molar-refractivity contribution < 1.29 is 4.42 Å². The van der Waals surface area contributed by atoms with Crippen LogP contribution in [-0.4, -0.2) is 11.0 Å². The summed E-state index contributed by atoms with van der Waals surface area (Å²) in [6.45, 7) is 6.82. The Morgan fingerprint density at radius 3 is 2.82 bits per heavy atom. The molecule has 1 aromatic heterocycles. The van der Waals surface area contributed by atoms with Gasteiger partial charge in [0.15, 0.2) is 0 Å². The van der Waals surface area contributed by atoms with Crippen molar-refractivity contribution in [2.45, 2.75) is 33.4 Å². The molecule has 0 radical (unpaired) electrons. The summed E-state index contributed by atoms with van der Waals surface area (Å²) in [6.07, 6.45) is 1.66. The van der Waals surface area contributed by atoms with Crippen molar-refractivity contribution >= 4 is 0 Å². The van der Waals surface area contributed by atoms with Gasteiger partial charge in [-0.3, -0.25) is 0 Å². The lowest BCUT2D eigenvalue weighted by Gasteiger charge is -2.03. The molecule has 0 fully saturated rings. The molecule has 0 atom stereocenters. The molecule has 1 rings (SSSR count). The van der Waals surface area contributed by atoms with Crippen LogP contribution in [-0.2, 0) is 6.54 Å². The van der Waals surface area contributed by atoms with Crippen molar-refractivity contribution in [1.29, 1.82) is 0 Å². The van der Waals surface area contributed by atoms with E-state index in [9.17, 15) is 0 Å². The molecule has 0 spiro atoms. The summed E-state index contributed by atoms with van der Waals surface area (Å²) in [6, 6.07) is 0.474. The van der Waals surface area contributed by atoms with E-state index < -0.39 is 0 Å². The number of hydrogen-bond donors (Lipinski definition) is 1. The van der Waals surface area contributed by atoms with E-state index in [2.05, 4.69) is 24.1 Å². The molecule has 0 aromatic carbocycles. The first kappa shape index (κ1) is 8.27. The Balaban J connectivity index is 2.39. The minimum Gasteiger partial charge on any atom is -0.447 e. The molecule has 1 N–H and O–H groups in total. The molecule has 0 saturated heterocycles. The second-order valence-electron chi connectivity index (χ2n) is 2.92. The molecule has 0 amide bonds. The third-order valence-corrected chi connectivity index (χ3v) is 1.33. The third kappa shape index (κ3) is 2.72. The predicted molar refractivity (Wildman–Crippen MR) is 43.2 cm³/mol. The number of oxazole rings is 1. The van der Waals surface area contributed by atoms with Crippen LogP contribution in [0.2, 0.25) is 0 Å². The van der Waals surface area contributed by atoms with Gasteiger partial charge in [-0.25, -0.2) is 4.98 Å². The number of aryl methyl sites for hydroxylation is 1. The van der Waals surface area contributed by atoms with E-state index in [0.717, 1.165) is 11.6 Å². The molecule has 1 heterocycles. The Kier molecular flexibility index (Phi) is 2.65. The molecule has 0 aliphatic heterocycles. The van der Waals surface area contributed by atoms with Gasteiger partial charge in [0.2, 0.25) is 5.89 Å². The van der Waals surface area contributed by atoms with Crippen LogP contribution in [0.5, 0.6) is 0 Å². The highest BCUT2D eigenvalue weighted by Crippen LogP contribution is 1.99. The second-order valence-corrected chi connectivity index (χ2v) is 2.92. The highest BCUT2D eigenvalue weighted by molar-refractivity contribution is 4.92. The minimum atomic E-state index is 0.474. The van der Waals surface area contributed by atoms with Crippen molar-refractivity contribution in [3.63, 3.8) is 0 Å². The van der Waals surface area contributed by atoms with E-state index in [1.165, 1.54) is 0 Å². The number of hydrogen-bond acceptors (Lipinski definition) is 3. The Bertz CT molecular complexity index is 218. The first-order chi connectivity index (χ1) is 5.18. The fraction of sp³-hybridized carbons (Fsp3) is 0.625. The molecule has 0 bridgehead atoms. The van der Waals surface area contributed by atoms with Gasteiger partial charge in [0.1, 0.15) is 6.26 Å². The van der Waals surface area contributed by atoms with Gasteiger partial charge < -0.3 is 9.73 Å². The van der Waals surface area contributed by atoms with Crippen LogP contribution < -0.4 is 5.32 Å². The van der Waals surface area contributed by atoms with Crippen molar-refractivity contribution in [2.75, 3.05) is 0 Å². The van der Waals surface area contributed by atoms with Crippen molar-refractivity contribution in [3.8, 4) is 0 Å². The molecule has 3 heteroatoms. The van der Waals surface area contributed by atoms with E-state index in [-0.39, 0.29) is 0 Å². The zero-order valence-corrected chi connectivity index (χ0v) is 7.22. The Hall–Kier alpha value is -0.830. The van der Waals surface area contributed by atoms with Crippen molar-refractivity contribution in [1.82, 2.24) is 10.3 Å². The smallest absolute Gasteiger partial charge is 0.208 e. The Morgan fingerprint density at radius 1 is 1.64 bits per heavy atom. The number of rotatable bonds is 3. The van der Waals surface area contributed by atoms with E-state index in [4.69, 9.17) is 4.42 Å². The van der Waals surface area contributed by atoms with Crippen LogP contribution in [0.1, 0.15) is 25.4 Å². The lowest BCUT2D eigenvalue weighted by Crippen LogP contribution is -2.21. The SMILES string of the molecule is Cc1coc(CNC(C)C)n1. The molecular formula is C8H14N2O. The fourth-order valence-corrected chi connectivity index (χ4v) is 0.775. The van der Waals surface area contributed by atoms with Crippen molar-refractivity contribution in [2.24, 2.45) is 0 Å². The van der Waals surface area contributed by atoms with Gasteiger partial charge in [0.05, 0.1) is 12.2 Å². The van der Waals surface area contributed by atoms with E-state index in [1.807, 2.05) is 6.92 Å². The first-order valence-corrected chi connectivity index (χ1v) is 3.83. The van der Waals surface area contributed by atoms with E-state index in [1.54, 1.807) is 6.26 Å². The molecule has 0 unspecified atom stereocenters. The van der Waals surface area contributed by atoms with Gasteiger partial charge in [-0.1, -0.05) is 13.8 Å². The summed E-state index contributed by atoms with van der Waals surface area (Å²) in [7, 11) is 0. The molecule has 11 heavy (non-hydrogen) atoms. The highest BCUT2D eigenvalue weighted by Gasteiger charge is 1.99. The number of aromatic nitrogens is 1. The molecule has 1 aromatic rings. The monoisotopic (exact) mass is 154 g/mol. The Morgan fingerprint density at radius 2 is 2.36 bits per heavy atom. The van der Waals surface area contributed by atoms with Gasteiger partial charge in [0, 0.05) is 6.04 Å². The van der Waals surface area contributed by atoms with Crippen LogP contribution >= 0.6 is 0 Å². The zero-order chi connectivity index (χ0) is 8.27. The summed E-state index contributed by atoms with van der Waals surface area (Å²) in [5, 5.41) is 3.22. The topological polar surface area (TPSA) is 38.1 Å². The molecule has 3 nitrogen and oxygen atoms in total. The van der Waals surface area contributed by atoms with Gasteiger partial charge in [-0.15, -0.1) is 0 Å². The van der Waals surface area contributed by atoms with Crippen molar-refractivity contribution in [3.05, 3.63) is 17.8 Å². The maximum Gasteiger partial charge on any atom is 0.208 e.